The van der Waals surface area contributed by atoms with Gasteiger partial charge < -0.3 is 14.2 Å². The van der Waals surface area contributed by atoms with Crippen LogP contribution in [0.25, 0.3) is 6.08 Å². The van der Waals surface area contributed by atoms with Gasteiger partial charge in [0, 0.05) is 7.11 Å². The molecule has 1 atom stereocenters. The van der Waals surface area contributed by atoms with Gasteiger partial charge in [-0.25, -0.2) is 9.79 Å². The van der Waals surface area contributed by atoms with E-state index in [-0.39, 0.29) is 18.8 Å². The molecule has 39 heavy (non-hydrogen) atoms. The summed E-state index contributed by atoms with van der Waals surface area (Å²) in [5.74, 6) is 0.626. The van der Waals surface area contributed by atoms with Crippen LogP contribution in [0.5, 0.6) is 5.75 Å². The van der Waals surface area contributed by atoms with Crippen molar-refractivity contribution < 1.29 is 19.0 Å². The molecule has 1 aliphatic rings. The highest BCUT2D eigenvalue weighted by Gasteiger charge is 2.33. The first kappa shape index (κ1) is 28.5. The minimum absolute atomic E-state index is 0.117. The molecular weight excluding hydrogens is 512 g/mol. The molecule has 1 aliphatic heterocycles. The number of hydrogen-bond acceptors (Lipinski definition) is 7. The van der Waals surface area contributed by atoms with Gasteiger partial charge in [-0.15, -0.1) is 0 Å². The predicted octanol–water partition coefficient (Wildman–Crippen LogP) is 4.73. The van der Waals surface area contributed by atoms with E-state index in [1.165, 1.54) is 16.9 Å². The van der Waals surface area contributed by atoms with Gasteiger partial charge in [0.05, 0.1) is 35.1 Å². The van der Waals surface area contributed by atoms with Crippen molar-refractivity contribution in [3.8, 4) is 5.75 Å². The van der Waals surface area contributed by atoms with Crippen LogP contribution in [-0.2, 0) is 14.3 Å². The smallest absolute Gasteiger partial charge is 0.338 e. The quantitative estimate of drug-likeness (QED) is 0.256. The van der Waals surface area contributed by atoms with Crippen LogP contribution < -0.4 is 19.6 Å². The number of hydrogen-bond donors (Lipinski definition) is 0. The van der Waals surface area contributed by atoms with Crippen molar-refractivity contribution in [2.75, 3.05) is 26.9 Å². The van der Waals surface area contributed by atoms with Crippen LogP contribution in [0.1, 0.15) is 69.2 Å². The van der Waals surface area contributed by atoms with Crippen molar-refractivity contribution in [1.29, 1.82) is 0 Å². The van der Waals surface area contributed by atoms with Crippen LogP contribution in [0.2, 0.25) is 0 Å². The maximum absolute atomic E-state index is 13.9. The Labute approximate surface area is 233 Å². The first-order valence-electron chi connectivity index (χ1n) is 13.3. The van der Waals surface area contributed by atoms with Crippen LogP contribution in [0, 0.1) is 0 Å². The van der Waals surface area contributed by atoms with Crippen molar-refractivity contribution in [3.05, 3.63) is 96.2 Å². The molecule has 1 aromatic heterocycles. The lowest BCUT2D eigenvalue weighted by atomic mass is 9.93. The normalized spacial score (nSPS) is 15.3. The van der Waals surface area contributed by atoms with Crippen molar-refractivity contribution in [3.63, 3.8) is 0 Å². The standard InChI is InChI=1S/C31H36N2O5S/c1-6-7-15-37-25-10-8-9-22(18-25)19-26-29(34)33-28(24-13-11-23(12-14-24)20(2)3)27(21(4)32-31(33)39-26)30(35)38-17-16-36-5/h8-14,18-20,28H,6-7,15-17H2,1-5H3. The third-order valence-electron chi connectivity index (χ3n) is 6.60. The zero-order chi connectivity index (χ0) is 27.9. The van der Waals surface area contributed by atoms with E-state index in [0.29, 0.717) is 33.1 Å². The van der Waals surface area contributed by atoms with Gasteiger partial charge in [-0.2, -0.15) is 0 Å². The Balaban J connectivity index is 1.80. The molecule has 3 aromatic rings. The highest BCUT2D eigenvalue weighted by Crippen LogP contribution is 2.31. The van der Waals surface area contributed by atoms with E-state index in [2.05, 4.69) is 25.8 Å². The summed E-state index contributed by atoms with van der Waals surface area (Å²) in [6, 6.07) is 15.1. The number of allylic oxidation sites excluding steroid dienone is 1. The molecular formula is C31H36N2O5S. The molecule has 206 valence electrons. The molecule has 0 saturated heterocycles. The van der Waals surface area contributed by atoms with Crippen molar-refractivity contribution in [1.82, 2.24) is 4.57 Å². The summed E-state index contributed by atoms with van der Waals surface area (Å²) in [4.78, 5) is 32.4. The third kappa shape index (κ3) is 6.57. The number of fused-ring (bicyclic) bond motifs is 1. The Kier molecular flexibility index (Phi) is 9.54. The van der Waals surface area contributed by atoms with Crippen LogP contribution in [-0.4, -0.2) is 37.5 Å². The number of rotatable bonds is 11. The molecule has 7 nitrogen and oxygen atoms in total. The van der Waals surface area contributed by atoms with Gasteiger partial charge >= 0.3 is 5.97 Å². The molecule has 8 heteroatoms. The molecule has 0 N–H and O–H groups in total. The minimum Gasteiger partial charge on any atom is -0.494 e. The molecule has 0 fully saturated rings. The summed E-state index contributed by atoms with van der Waals surface area (Å²) in [5.41, 5.74) is 3.55. The van der Waals surface area contributed by atoms with E-state index in [9.17, 15) is 9.59 Å². The lowest BCUT2D eigenvalue weighted by molar-refractivity contribution is -0.140. The highest BCUT2D eigenvalue weighted by atomic mass is 32.1. The zero-order valence-corrected chi connectivity index (χ0v) is 24.0. The van der Waals surface area contributed by atoms with E-state index in [1.807, 2.05) is 54.6 Å². The van der Waals surface area contributed by atoms with Gasteiger partial charge in [0.1, 0.15) is 12.4 Å². The number of thiazole rings is 1. The summed E-state index contributed by atoms with van der Waals surface area (Å²) < 4.78 is 18.5. The number of carbonyl (C=O) groups is 1. The van der Waals surface area contributed by atoms with E-state index >= 15 is 0 Å². The minimum atomic E-state index is -0.650. The number of carbonyl (C=O) groups excluding carboxylic acids is 1. The summed E-state index contributed by atoms with van der Waals surface area (Å²) in [6.45, 7) is 9.23. The Bertz CT molecular complexity index is 1520. The second kappa shape index (κ2) is 13.0. The maximum Gasteiger partial charge on any atom is 0.338 e. The van der Waals surface area contributed by atoms with Crippen LogP contribution in [0.15, 0.2) is 69.6 Å². The second-order valence-corrected chi connectivity index (χ2v) is 10.8. The summed E-state index contributed by atoms with van der Waals surface area (Å²) in [6.07, 6.45) is 3.89. The molecule has 0 amide bonds. The molecule has 4 rings (SSSR count). The fourth-order valence-electron chi connectivity index (χ4n) is 4.44. The average Bonchev–Trinajstić information content (AvgIpc) is 3.22. The lowest BCUT2D eigenvalue weighted by Gasteiger charge is -2.25. The first-order chi connectivity index (χ1) is 18.8. The molecule has 0 radical (unpaired) electrons. The number of esters is 1. The number of unbranched alkanes of at least 4 members (excludes halogenated alkanes) is 1. The van der Waals surface area contributed by atoms with Gasteiger partial charge in [0.15, 0.2) is 4.80 Å². The molecule has 2 aromatic carbocycles. The highest BCUT2D eigenvalue weighted by molar-refractivity contribution is 7.07. The zero-order valence-electron chi connectivity index (χ0n) is 23.2. The Morgan fingerprint density at radius 3 is 2.59 bits per heavy atom. The second-order valence-electron chi connectivity index (χ2n) is 9.81. The summed E-state index contributed by atoms with van der Waals surface area (Å²) in [5, 5.41) is 0. The van der Waals surface area contributed by atoms with E-state index in [1.54, 1.807) is 18.6 Å². The fraction of sp³-hybridized carbons (Fsp3) is 0.387. The van der Waals surface area contributed by atoms with Gasteiger partial charge in [0.25, 0.3) is 5.56 Å². The van der Waals surface area contributed by atoms with E-state index < -0.39 is 12.0 Å². The number of aromatic nitrogens is 1. The molecule has 2 heterocycles. The average molecular weight is 549 g/mol. The van der Waals surface area contributed by atoms with Crippen LogP contribution in [0.4, 0.5) is 0 Å². The van der Waals surface area contributed by atoms with Crippen molar-refractivity contribution in [2.45, 2.75) is 52.5 Å². The SMILES string of the molecule is CCCCOc1cccc(C=c2sc3n(c2=O)C(c2ccc(C(C)C)cc2)C(C(=O)OCCOC)=C(C)N=3)c1. The summed E-state index contributed by atoms with van der Waals surface area (Å²) >= 11 is 1.31. The molecule has 0 spiro atoms. The maximum atomic E-state index is 13.9. The lowest BCUT2D eigenvalue weighted by Crippen LogP contribution is -2.40. The number of benzene rings is 2. The van der Waals surface area contributed by atoms with Gasteiger partial charge in [-0.3, -0.25) is 9.36 Å². The fourth-order valence-corrected chi connectivity index (χ4v) is 5.48. The van der Waals surface area contributed by atoms with Crippen LogP contribution >= 0.6 is 11.3 Å². The monoisotopic (exact) mass is 548 g/mol. The van der Waals surface area contributed by atoms with Crippen molar-refractivity contribution >= 4 is 23.4 Å². The van der Waals surface area contributed by atoms with Gasteiger partial charge in [-0.05, 0) is 54.2 Å². The largest absolute Gasteiger partial charge is 0.494 e. The Morgan fingerprint density at radius 1 is 1.13 bits per heavy atom. The van der Waals surface area contributed by atoms with E-state index in [0.717, 1.165) is 29.7 Å². The number of nitrogens with zero attached hydrogens (tertiary/aromatic N) is 2. The summed E-state index contributed by atoms with van der Waals surface area (Å²) in [7, 11) is 1.55. The number of methoxy groups -OCH3 is 1. The Morgan fingerprint density at radius 2 is 1.90 bits per heavy atom. The topological polar surface area (TPSA) is 79.1 Å². The third-order valence-corrected chi connectivity index (χ3v) is 7.59. The van der Waals surface area contributed by atoms with Gasteiger partial charge in [0.2, 0.25) is 0 Å². The van der Waals surface area contributed by atoms with Crippen molar-refractivity contribution in [2.24, 2.45) is 4.99 Å². The Hall–Kier alpha value is -3.49. The molecule has 0 bridgehead atoms. The van der Waals surface area contributed by atoms with E-state index in [4.69, 9.17) is 14.2 Å². The molecule has 0 aliphatic carbocycles. The molecule has 1 unspecified atom stereocenters. The van der Waals surface area contributed by atoms with Gasteiger partial charge in [-0.1, -0.05) is 74.9 Å². The first-order valence-corrected chi connectivity index (χ1v) is 14.2. The van der Waals surface area contributed by atoms with Crippen LogP contribution in [0.3, 0.4) is 0 Å². The number of ether oxygens (including phenoxy) is 3. The molecule has 0 saturated carbocycles. The predicted molar refractivity (Wildman–Crippen MR) is 154 cm³/mol.